The number of aromatic amines is 1. The van der Waals surface area contributed by atoms with E-state index in [0.717, 1.165) is 34.9 Å². The van der Waals surface area contributed by atoms with E-state index in [1.807, 2.05) is 21.6 Å². The summed E-state index contributed by atoms with van der Waals surface area (Å²) in [6, 6.07) is 6.87. The highest BCUT2D eigenvalue weighted by atomic mass is 35.5. The van der Waals surface area contributed by atoms with Crippen LogP contribution in [0.4, 0.5) is 10.1 Å². The molecule has 0 atom stereocenters. The van der Waals surface area contributed by atoms with Gasteiger partial charge in [-0.3, -0.25) is 14.5 Å². The summed E-state index contributed by atoms with van der Waals surface area (Å²) >= 11 is 7.77. The Kier molecular flexibility index (Phi) is 5.36. The lowest BCUT2D eigenvalue weighted by Crippen LogP contribution is -2.46. The molecule has 1 amide bonds. The first-order chi connectivity index (χ1) is 15.4. The Hall–Kier alpha value is -2.95. The van der Waals surface area contributed by atoms with Crippen molar-refractivity contribution in [1.29, 1.82) is 0 Å². The van der Waals surface area contributed by atoms with Crippen molar-refractivity contribution in [3.05, 3.63) is 62.4 Å². The van der Waals surface area contributed by atoms with Gasteiger partial charge in [0.05, 0.1) is 16.2 Å². The second-order valence-electron chi connectivity index (χ2n) is 7.62. The zero-order valence-electron chi connectivity index (χ0n) is 17.2. The molecule has 32 heavy (non-hydrogen) atoms. The number of H-pyrrole nitrogens is 1. The van der Waals surface area contributed by atoms with Crippen molar-refractivity contribution in [3.63, 3.8) is 0 Å². The standard InChI is InChI=1S/C21H20ClFN6O2S/c1-24-19(30)14-2-3-16(18(23)25-14)28-8-6-27(7-9-28)11-12-10-15-21(32-12)29-5-4-13(22)17(29)20(31)26-15/h2-5,10H,6-9,11H2,1H3,(H,24,30)(H,26,31). The molecule has 0 spiro atoms. The molecular weight excluding hydrogens is 455 g/mol. The summed E-state index contributed by atoms with van der Waals surface area (Å²) in [5, 5.41) is 2.88. The van der Waals surface area contributed by atoms with Crippen molar-refractivity contribution < 1.29 is 9.18 Å². The lowest BCUT2D eigenvalue weighted by atomic mass is 10.2. The van der Waals surface area contributed by atoms with E-state index < -0.39 is 11.9 Å². The summed E-state index contributed by atoms with van der Waals surface area (Å²) in [7, 11) is 1.49. The van der Waals surface area contributed by atoms with E-state index in [1.54, 1.807) is 23.5 Å². The highest BCUT2D eigenvalue weighted by Crippen LogP contribution is 2.28. The second-order valence-corrected chi connectivity index (χ2v) is 9.14. The zero-order valence-corrected chi connectivity index (χ0v) is 18.8. The molecule has 5 rings (SSSR count). The summed E-state index contributed by atoms with van der Waals surface area (Å²) in [4.78, 5) is 37.0. The molecule has 4 aromatic heterocycles. The Morgan fingerprint density at radius 1 is 1.28 bits per heavy atom. The molecule has 8 nitrogen and oxygen atoms in total. The number of nitrogens with one attached hydrogen (secondary N) is 2. The number of carbonyl (C=O) groups excluding carboxylic acids is 1. The molecule has 11 heteroatoms. The Morgan fingerprint density at radius 2 is 2.06 bits per heavy atom. The normalized spacial score (nSPS) is 15.0. The van der Waals surface area contributed by atoms with Crippen LogP contribution in [0, 0.1) is 5.95 Å². The van der Waals surface area contributed by atoms with Gasteiger partial charge in [0.15, 0.2) is 0 Å². The van der Waals surface area contributed by atoms with Crippen molar-refractivity contribution in [3.8, 4) is 0 Å². The van der Waals surface area contributed by atoms with Crippen molar-refractivity contribution in [2.75, 3.05) is 38.1 Å². The number of hydrogen-bond acceptors (Lipinski definition) is 6. The van der Waals surface area contributed by atoms with Crippen LogP contribution in [0.5, 0.6) is 0 Å². The second kappa shape index (κ2) is 8.19. The molecule has 4 aromatic rings. The number of pyridine rings is 1. The number of fused-ring (bicyclic) bond motifs is 3. The fraction of sp³-hybridized carbons (Fsp3) is 0.286. The van der Waals surface area contributed by atoms with Crippen LogP contribution < -0.4 is 15.8 Å². The SMILES string of the molecule is CNC(=O)c1ccc(N2CCN(Cc3cc4[nH]c(=O)c5c(Cl)ccn5c4s3)CC2)c(F)n1. The van der Waals surface area contributed by atoms with Gasteiger partial charge in [0.1, 0.15) is 16.0 Å². The molecule has 0 aliphatic carbocycles. The molecule has 1 fully saturated rings. The maximum Gasteiger partial charge on any atom is 0.274 e. The van der Waals surface area contributed by atoms with Crippen LogP contribution in [0.1, 0.15) is 15.4 Å². The monoisotopic (exact) mass is 474 g/mol. The molecule has 0 unspecified atom stereocenters. The van der Waals surface area contributed by atoms with Crippen molar-refractivity contribution in [2.24, 2.45) is 0 Å². The Labute approximate surface area is 191 Å². The van der Waals surface area contributed by atoms with E-state index in [9.17, 15) is 14.0 Å². The van der Waals surface area contributed by atoms with Crippen molar-refractivity contribution in [1.82, 2.24) is 24.6 Å². The van der Waals surface area contributed by atoms with Crippen LogP contribution in [0.3, 0.4) is 0 Å². The number of rotatable bonds is 4. The molecule has 0 radical (unpaired) electrons. The van der Waals surface area contributed by atoms with Gasteiger partial charge >= 0.3 is 0 Å². The third-order valence-electron chi connectivity index (χ3n) is 5.66. The number of amides is 1. The zero-order chi connectivity index (χ0) is 22.4. The highest BCUT2D eigenvalue weighted by Gasteiger charge is 2.22. The van der Waals surface area contributed by atoms with Gasteiger partial charge in [-0.05, 0) is 24.3 Å². The fourth-order valence-electron chi connectivity index (χ4n) is 4.04. The first kappa shape index (κ1) is 20.9. The Morgan fingerprint density at radius 3 is 2.78 bits per heavy atom. The van der Waals surface area contributed by atoms with Crippen LogP contribution in [0.15, 0.2) is 35.3 Å². The van der Waals surface area contributed by atoms with Crippen LogP contribution in [-0.4, -0.2) is 58.4 Å². The molecule has 0 aromatic carbocycles. The van der Waals surface area contributed by atoms with E-state index >= 15 is 0 Å². The van der Waals surface area contributed by atoms with Crippen LogP contribution in [0.2, 0.25) is 5.02 Å². The average Bonchev–Trinajstić information content (AvgIpc) is 3.37. The first-order valence-electron chi connectivity index (χ1n) is 10.1. The van der Waals surface area contributed by atoms with Gasteiger partial charge in [-0.25, -0.2) is 4.98 Å². The summed E-state index contributed by atoms with van der Waals surface area (Å²) in [5.74, 6) is -1.05. The molecule has 0 saturated carbocycles. The van der Waals surface area contributed by atoms with Gasteiger partial charge in [-0.1, -0.05) is 11.6 Å². The molecule has 0 bridgehead atoms. The molecule has 1 saturated heterocycles. The molecule has 1 aliphatic heterocycles. The van der Waals surface area contributed by atoms with Gasteiger partial charge < -0.3 is 19.6 Å². The minimum atomic E-state index is -0.637. The van der Waals surface area contributed by atoms with Crippen molar-refractivity contribution in [2.45, 2.75) is 6.54 Å². The maximum atomic E-state index is 14.5. The van der Waals surface area contributed by atoms with Crippen LogP contribution in [0.25, 0.3) is 15.9 Å². The predicted octanol–water partition coefficient (Wildman–Crippen LogP) is 2.71. The number of carbonyl (C=O) groups is 1. The predicted molar refractivity (Wildman–Crippen MR) is 123 cm³/mol. The third-order valence-corrected chi connectivity index (χ3v) is 7.09. The minimum absolute atomic E-state index is 0.0632. The first-order valence-corrected chi connectivity index (χ1v) is 11.3. The topological polar surface area (TPSA) is 85.7 Å². The third kappa shape index (κ3) is 3.64. The van der Waals surface area contributed by atoms with Gasteiger partial charge in [0.2, 0.25) is 5.95 Å². The lowest BCUT2D eigenvalue weighted by molar-refractivity contribution is 0.0957. The molecular formula is C21H20ClFN6O2S. The van der Waals surface area contributed by atoms with E-state index in [0.29, 0.717) is 29.3 Å². The van der Waals surface area contributed by atoms with E-state index in [1.165, 1.54) is 13.1 Å². The number of nitrogens with zero attached hydrogens (tertiary/aromatic N) is 4. The molecule has 2 N–H and O–H groups in total. The van der Waals surface area contributed by atoms with Gasteiger partial charge in [-0.2, -0.15) is 4.39 Å². The van der Waals surface area contributed by atoms with E-state index in [2.05, 4.69) is 20.2 Å². The summed E-state index contributed by atoms with van der Waals surface area (Å²) in [5.41, 5.74) is 1.51. The summed E-state index contributed by atoms with van der Waals surface area (Å²) in [6.45, 7) is 3.55. The smallest absolute Gasteiger partial charge is 0.274 e. The van der Waals surface area contributed by atoms with Gasteiger partial charge in [-0.15, -0.1) is 11.3 Å². The minimum Gasteiger partial charge on any atom is -0.365 e. The maximum absolute atomic E-state index is 14.5. The summed E-state index contributed by atoms with van der Waals surface area (Å²) < 4.78 is 16.3. The number of anilines is 1. The Bertz CT molecular complexity index is 1390. The Balaban J connectivity index is 1.29. The number of thiophene rings is 1. The highest BCUT2D eigenvalue weighted by molar-refractivity contribution is 7.18. The number of piperazine rings is 1. The van der Waals surface area contributed by atoms with Gasteiger partial charge in [0, 0.05) is 50.8 Å². The van der Waals surface area contributed by atoms with Crippen LogP contribution in [-0.2, 0) is 6.54 Å². The van der Waals surface area contributed by atoms with E-state index in [-0.39, 0.29) is 11.3 Å². The molecule has 1 aliphatic rings. The van der Waals surface area contributed by atoms with Gasteiger partial charge in [0.25, 0.3) is 11.5 Å². The fourth-order valence-corrected chi connectivity index (χ4v) is 5.42. The molecule has 166 valence electrons. The average molecular weight is 475 g/mol. The lowest BCUT2D eigenvalue weighted by Gasteiger charge is -2.35. The van der Waals surface area contributed by atoms with Crippen LogP contribution >= 0.6 is 22.9 Å². The summed E-state index contributed by atoms with van der Waals surface area (Å²) in [6.07, 6.45) is 1.81. The largest absolute Gasteiger partial charge is 0.365 e. The van der Waals surface area contributed by atoms with E-state index in [4.69, 9.17) is 11.6 Å². The number of hydrogen-bond donors (Lipinski definition) is 2. The number of aromatic nitrogens is 3. The van der Waals surface area contributed by atoms with Crippen molar-refractivity contribution >= 4 is 50.4 Å². The molecule has 5 heterocycles. The number of halogens is 2. The quantitative estimate of drug-likeness (QED) is 0.444.